The molecular formula is C28H25ClF4N2O5S. The minimum Gasteiger partial charge on any atom is -0.466 e. The SMILES string of the molecule is CCOC(=O)C(C)(C)CN1CN(S(=O)(=O)c2cccc(C(F)(F)F)c2)c2cc(-c3c(F)cccc3Cl)ccc2C1=O. The highest BCUT2D eigenvalue weighted by Gasteiger charge is 2.42. The van der Waals surface area contributed by atoms with Crippen molar-refractivity contribution in [3.05, 3.63) is 82.6 Å². The molecule has 7 nitrogen and oxygen atoms in total. The molecule has 0 fully saturated rings. The van der Waals surface area contributed by atoms with Crippen LogP contribution < -0.4 is 4.31 Å². The number of amides is 1. The lowest BCUT2D eigenvalue weighted by Gasteiger charge is -2.40. The quantitative estimate of drug-likeness (QED) is 0.229. The first kappa shape index (κ1) is 30.3. The van der Waals surface area contributed by atoms with Crippen LogP contribution in [0.25, 0.3) is 11.1 Å². The lowest BCUT2D eigenvalue weighted by Crippen LogP contribution is -2.53. The number of esters is 1. The summed E-state index contributed by atoms with van der Waals surface area (Å²) in [6.45, 7) is 3.82. The summed E-state index contributed by atoms with van der Waals surface area (Å²) in [7, 11) is -4.72. The van der Waals surface area contributed by atoms with Crippen LogP contribution in [-0.2, 0) is 25.7 Å². The Balaban J connectivity index is 1.89. The molecule has 0 aliphatic carbocycles. The number of ether oxygens (including phenoxy) is 1. The van der Waals surface area contributed by atoms with Crippen molar-refractivity contribution in [1.29, 1.82) is 0 Å². The van der Waals surface area contributed by atoms with Gasteiger partial charge < -0.3 is 9.64 Å². The Morgan fingerprint density at radius 3 is 2.37 bits per heavy atom. The van der Waals surface area contributed by atoms with Gasteiger partial charge in [-0.3, -0.25) is 9.59 Å². The van der Waals surface area contributed by atoms with Crippen LogP contribution >= 0.6 is 11.6 Å². The van der Waals surface area contributed by atoms with E-state index in [0.29, 0.717) is 6.07 Å². The number of hydrogen-bond acceptors (Lipinski definition) is 5. The molecular weight excluding hydrogens is 588 g/mol. The Labute approximate surface area is 239 Å². The molecule has 0 atom stereocenters. The standard InChI is InChI=1S/C28H25ClF4N2O5S/c1-4-40-26(37)27(2,3)15-34-16-35(41(38,39)19-8-5-7-18(14-19)28(31,32)33)23-13-17(11-12-20(23)25(34)36)24-21(29)9-6-10-22(24)30/h5-14H,4,15-16H2,1-3H3. The van der Waals surface area contributed by atoms with Gasteiger partial charge in [0.2, 0.25) is 0 Å². The Hall–Kier alpha value is -3.64. The van der Waals surface area contributed by atoms with Crippen LogP contribution in [-0.4, -0.2) is 45.0 Å². The average molecular weight is 613 g/mol. The van der Waals surface area contributed by atoms with Crippen molar-refractivity contribution in [3.63, 3.8) is 0 Å². The monoisotopic (exact) mass is 612 g/mol. The summed E-state index contributed by atoms with van der Waals surface area (Å²) in [5, 5.41) is 0.0252. The van der Waals surface area contributed by atoms with Gasteiger partial charge in [0.15, 0.2) is 0 Å². The average Bonchev–Trinajstić information content (AvgIpc) is 2.89. The predicted octanol–water partition coefficient (Wildman–Crippen LogP) is 6.36. The molecule has 4 rings (SSSR count). The zero-order valence-electron chi connectivity index (χ0n) is 22.1. The fourth-order valence-corrected chi connectivity index (χ4v) is 6.22. The van der Waals surface area contributed by atoms with Gasteiger partial charge in [-0.15, -0.1) is 0 Å². The van der Waals surface area contributed by atoms with E-state index in [-0.39, 0.29) is 40.6 Å². The molecule has 0 bridgehead atoms. The largest absolute Gasteiger partial charge is 0.466 e. The molecule has 41 heavy (non-hydrogen) atoms. The van der Waals surface area contributed by atoms with Gasteiger partial charge in [0.05, 0.1) is 38.8 Å². The number of halogens is 5. The molecule has 0 radical (unpaired) electrons. The van der Waals surface area contributed by atoms with E-state index in [4.69, 9.17) is 16.3 Å². The zero-order chi connectivity index (χ0) is 30.3. The van der Waals surface area contributed by atoms with Crippen molar-refractivity contribution in [2.24, 2.45) is 5.41 Å². The number of sulfonamides is 1. The van der Waals surface area contributed by atoms with Crippen LogP contribution in [0.4, 0.5) is 23.2 Å². The van der Waals surface area contributed by atoms with E-state index in [0.717, 1.165) is 33.5 Å². The number of hydrogen-bond donors (Lipinski definition) is 0. The minimum atomic E-state index is -4.81. The Morgan fingerprint density at radius 2 is 1.73 bits per heavy atom. The van der Waals surface area contributed by atoms with E-state index >= 15 is 0 Å². The summed E-state index contributed by atoms with van der Waals surface area (Å²) < 4.78 is 88.7. The van der Waals surface area contributed by atoms with Gasteiger partial charge in [0.1, 0.15) is 12.5 Å². The second-order valence-corrected chi connectivity index (χ2v) is 12.2. The fourth-order valence-electron chi connectivity index (χ4n) is 4.47. The number of alkyl halides is 3. The maximum Gasteiger partial charge on any atom is 0.416 e. The Morgan fingerprint density at radius 1 is 1.05 bits per heavy atom. The van der Waals surface area contributed by atoms with Crippen molar-refractivity contribution in [2.45, 2.75) is 31.8 Å². The van der Waals surface area contributed by atoms with E-state index in [1.807, 2.05) is 0 Å². The van der Waals surface area contributed by atoms with Crippen molar-refractivity contribution in [1.82, 2.24) is 4.90 Å². The fraction of sp³-hybridized carbons (Fsp3) is 0.286. The van der Waals surface area contributed by atoms with Crippen LogP contribution in [0.1, 0.15) is 36.7 Å². The third-order valence-corrected chi connectivity index (χ3v) is 8.56. The molecule has 0 aromatic heterocycles. The van der Waals surface area contributed by atoms with Gasteiger partial charge in [-0.2, -0.15) is 13.2 Å². The van der Waals surface area contributed by atoms with Gasteiger partial charge in [-0.25, -0.2) is 17.1 Å². The maximum absolute atomic E-state index is 14.7. The van der Waals surface area contributed by atoms with Crippen molar-refractivity contribution in [2.75, 3.05) is 24.1 Å². The number of carbonyl (C=O) groups excluding carboxylic acids is 2. The number of nitrogens with zero attached hydrogens (tertiary/aromatic N) is 2. The van der Waals surface area contributed by atoms with Gasteiger partial charge in [-0.05, 0) is 68.8 Å². The first-order chi connectivity index (χ1) is 19.1. The van der Waals surface area contributed by atoms with Crippen LogP contribution in [0.3, 0.4) is 0 Å². The number of benzene rings is 3. The normalized spacial score (nSPS) is 14.2. The molecule has 218 valence electrons. The number of carbonyl (C=O) groups is 2. The molecule has 1 heterocycles. The first-order valence-corrected chi connectivity index (χ1v) is 14.1. The van der Waals surface area contributed by atoms with E-state index in [2.05, 4.69) is 0 Å². The van der Waals surface area contributed by atoms with E-state index < -0.39 is 56.4 Å². The Bertz CT molecular complexity index is 1610. The van der Waals surface area contributed by atoms with E-state index in [1.165, 1.54) is 44.2 Å². The van der Waals surface area contributed by atoms with Crippen molar-refractivity contribution >= 4 is 39.2 Å². The molecule has 1 aliphatic rings. The highest BCUT2D eigenvalue weighted by Crippen LogP contribution is 2.40. The second-order valence-electron chi connectivity index (χ2n) is 9.96. The molecule has 13 heteroatoms. The minimum absolute atomic E-state index is 0.0252. The molecule has 0 N–H and O–H groups in total. The topological polar surface area (TPSA) is 84.0 Å². The number of anilines is 1. The van der Waals surface area contributed by atoms with E-state index in [9.17, 15) is 35.6 Å². The summed E-state index contributed by atoms with van der Waals surface area (Å²) in [5.74, 6) is -1.97. The van der Waals surface area contributed by atoms with Crippen molar-refractivity contribution in [3.8, 4) is 11.1 Å². The number of rotatable bonds is 7. The summed E-state index contributed by atoms with van der Waals surface area (Å²) >= 11 is 6.21. The van der Waals surface area contributed by atoms with Gasteiger partial charge in [-0.1, -0.05) is 29.8 Å². The second kappa shape index (κ2) is 11.0. The lowest BCUT2D eigenvalue weighted by molar-refractivity contribution is -0.154. The molecule has 1 aliphatic heterocycles. The molecule has 3 aromatic carbocycles. The zero-order valence-corrected chi connectivity index (χ0v) is 23.7. The molecule has 0 saturated heterocycles. The molecule has 3 aromatic rings. The van der Waals surface area contributed by atoms with Crippen molar-refractivity contribution < 1.29 is 40.3 Å². The lowest BCUT2D eigenvalue weighted by atomic mass is 9.92. The third-order valence-electron chi connectivity index (χ3n) is 6.50. The highest BCUT2D eigenvalue weighted by atomic mass is 35.5. The van der Waals surface area contributed by atoms with E-state index in [1.54, 1.807) is 6.92 Å². The third kappa shape index (κ3) is 5.89. The van der Waals surface area contributed by atoms with Crippen LogP contribution in [0.15, 0.2) is 65.6 Å². The smallest absolute Gasteiger partial charge is 0.416 e. The first-order valence-electron chi connectivity index (χ1n) is 12.3. The van der Waals surface area contributed by atoms with Gasteiger partial charge in [0.25, 0.3) is 15.9 Å². The van der Waals surface area contributed by atoms with Gasteiger partial charge in [0, 0.05) is 12.1 Å². The van der Waals surface area contributed by atoms with Crippen LogP contribution in [0.5, 0.6) is 0 Å². The molecule has 0 spiro atoms. The summed E-state index contributed by atoms with van der Waals surface area (Å²) in [4.78, 5) is 26.5. The summed E-state index contributed by atoms with van der Waals surface area (Å²) in [6.07, 6.45) is -4.81. The van der Waals surface area contributed by atoms with Gasteiger partial charge >= 0.3 is 12.1 Å². The molecule has 0 saturated carbocycles. The number of fused-ring (bicyclic) bond motifs is 1. The highest BCUT2D eigenvalue weighted by molar-refractivity contribution is 7.92. The molecule has 0 unspecified atom stereocenters. The van der Waals surface area contributed by atoms with Crippen LogP contribution in [0.2, 0.25) is 5.02 Å². The maximum atomic E-state index is 14.7. The Kier molecular flexibility index (Phi) is 8.12. The van der Waals surface area contributed by atoms with Crippen LogP contribution in [0, 0.1) is 11.2 Å². The summed E-state index contributed by atoms with van der Waals surface area (Å²) in [6, 6.07) is 11.1. The predicted molar refractivity (Wildman–Crippen MR) is 144 cm³/mol. The molecule has 1 amide bonds. The summed E-state index contributed by atoms with van der Waals surface area (Å²) in [5.41, 5.74) is -2.65.